The maximum Gasteiger partial charge on any atom is 0.213 e. The fourth-order valence-corrected chi connectivity index (χ4v) is 2.33. The van der Waals surface area contributed by atoms with Crippen molar-refractivity contribution < 1.29 is 14.3 Å². The van der Waals surface area contributed by atoms with Gasteiger partial charge in [0.25, 0.3) is 0 Å². The molecule has 1 aromatic heterocycles. The Morgan fingerprint density at radius 1 is 1.55 bits per heavy atom. The molecule has 1 atom stereocenters. The van der Waals surface area contributed by atoms with Crippen LogP contribution in [0.5, 0.6) is 5.75 Å². The highest BCUT2D eigenvalue weighted by Crippen LogP contribution is 2.24. The van der Waals surface area contributed by atoms with E-state index >= 15 is 0 Å². The molecule has 1 aliphatic rings. The number of hydrogen-bond acceptors (Lipinski definition) is 5. The highest BCUT2D eigenvalue weighted by atomic mass is 16.5. The molecule has 112 valence electrons. The van der Waals surface area contributed by atoms with Gasteiger partial charge in [-0.3, -0.25) is 9.48 Å². The lowest BCUT2D eigenvalue weighted by Gasteiger charge is -2.22. The van der Waals surface area contributed by atoms with E-state index in [1.165, 1.54) is 0 Å². The monoisotopic (exact) mass is 281 g/mol. The van der Waals surface area contributed by atoms with E-state index in [0.717, 1.165) is 25.8 Å². The molecule has 6 nitrogen and oxygen atoms in total. The number of nitrogens with zero attached hydrogens (tertiary/aromatic N) is 3. The van der Waals surface area contributed by atoms with Crippen LogP contribution in [0.2, 0.25) is 0 Å². The van der Waals surface area contributed by atoms with Crippen LogP contribution in [0.4, 0.5) is 0 Å². The van der Waals surface area contributed by atoms with Crippen molar-refractivity contribution in [3.05, 3.63) is 11.9 Å². The van der Waals surface area contributed by atoms with Crippen LogP contribution >= 0.6 is 0 Å². The van der Waals surface area contributed by atoms with Crippen LogP contribution in [-0.2, 0) is 11.3 Å². The smallest absolute Gasteiger partial charge is 0.213 e. The van der Waals surface area contributed by atoms with Gasteiger partial charge in [0.2, 0.25) is 5.78 Å². The van der Waals surface area contributed by atoms with Crippen LogP contribution in [0.25, 0.3) is 0 Å². The van der Waals surface area contributed by atoms with Crippen molar-refractivity contribution in [2.45, 2.75) is 31.9 Å². The predicted molar refractivity (Wildman–Crippen MR) is 75.3 cm³/mol. The maximum absolute atomic E-state index is 12.6. The Balaban J connectivity index is 2.18. The number of rotatable bonds is 6. The summed E-state index contributed by atoms with van der Waals surface area (Å²) in [6.45, 7) is 2.13. The molecule has 0 radical (unpaired) electrons. The quantitative estimate of drug-likeness (QED) is 0.734. The van der Waals surface area contributed by atoms with E-state index in [-0.39, 0.29) is 11.9 Å². The van der Waals surface area contributed by atoms with Crippen LogP contribution in [-0.4, -0.2) is 60.9 Å². The summed E-state index contributed by atoms with van der Waals surface area (Å²) < 4.78 is 12.6. The average Bonchev–Trinajstić information content (AvgIpc) is 2.88. The highest BCUT2D eigenvalue weighted by molar-refractivity contribution is 6.00. The lowest BCUT2D eigenvalue weighted by Crippen LogP contribution is -2.31. The molecule has 1 aromatic rings. The SMILES string of the molecule is COc1cnn(CCN(C)C)c1C(=O)C1CCCCO1. The van der Waals surface area contributed by atoms with Gasteiger partial charge in [0.1, 0.15) is 11.8 Å². The molecule has 0 spiro atoms. The molecule has 0 saturated carbocycles. The molecule has 1 fully saturated rings. The second-order valence-electron chi connectivity index (χ2n) is 5.31. The Kier molecular flexibility index (Phi) is 5.14. The Morgan fingerprint density at radius 3 is 2.95 bits per heavy atom. The third-order valence-corrected chi connectivity index (χ3v) is 3.49. The summed E-state index contributed by atoms with van der Waals surface area (Å²) in [5.41, 5.74) is 0.529. The number of ketones is 1. The van der Waals surface area contributed by atoms with Crippen molar-refractivity contribution in [3.63, 3.8) is 0 Å². The van der Waals surface area contributed by atoms with Gasteiger partial charge < -0.3 is 14.4 Å². The fraction of sp³-hybridized carbons (Fsp3) is 0.714. The summed E-state index contributed by atoms with van der Waals surface area (Å²) in [6, 6.07) is 0. The molecule has 0 aliphatic carbocycles. The van der Waals surface area contributed by atoms with Gasteiger partial charge in [-0.25, -0.2) is 0 Å². The lowest BCUT2D eigenvalue weighted by molar-refractivity contribution is 0.0176. The second-order valence-corrected chi connectivity index (χ2v) is 5.31. The Hall–Kier alpha value is -1.40. The first-order chi connectivity index (χ1) is 9.63. The normalized spacial score (nSPS) is 19.3. The van der Waals surface area contributed by atoms with Crippen molar-refractivity contribution in [1.82, 2.24) is 14.7 Å². The largest absolute Gasteiger partial charge is 0.493 e. The molecule has 0 amide bonds. The van der Waals surface area contributed by atoms with Crippen molar-refractivity contribution in [2.75, 3.05) is 34.4 Å². The van der Waals surface area contributed by atoms with Crippen LogP contribution < -0.4 is 4.74 Å². The van der Waals surface area contributed by atoms with Gasteiger partial charge in [0.15, 0.2) is 5.75 Å². The van der Waals surface area contributed by atoms with E-state index < -0.39 is 0 Å². The summed E-state index contributed by atoms with van der Waals surface area (Å²) in [6.07, 6.45) is 4.09. The lowest BCUT2D eigenvalue weighted by atomic mass is 10.0. The Morgan fingerprint density at radius 2 is 2.35 bits per heavy atom. The van der Waals surface area contributed by atoms with E-state index in [9.17, 15) is 4.79 Å². The van der Waals surface area contributed by atoms with Gasteiger partial charge in [-0.15, -0.1) is 0 Å². The zero-order chi connectivity index (χ0) is 14.5. The van der Waals surface area contributed by atoms with Gasteiger partial charge in [-0.2, -0.15) is 5.10 Å². The molecule has 2 rings (SSSR count). The minimum Gasteiger partial charge on any atom is -0.493 e. The molecule has 6 heteroatoms. The van der Waals surface area contributed by atoms with Gasteiger partial charge >= 0.3 is 0 Å². The molecule has 1 unspecified atom stereocenters. The number of aromatic nitrogens is 2. The number of carbonyl (C=O) groups is 1. The van der Waals surface area contributed by atoms with Gasteiger partial charge in [-0.05, 0) is 33.4 Å². The van der Waals surface area contributed by atoms with Crippen LogP contribution in [0.1, 0.15) is 29.8 Å². The zero-order valence-electron chi connectivity index (χ0n) is 12.5. The van der Waals surface area contributed by atoms with Crippen LogP contribution in [0.3, 0.4) is 0 Å². The standard InChI is InChI=1S/C14H23N3O3/c1-16(2)7-8-17-13(12(19-3)10-15-17)14(18)11-6-4-5-9-20-11/h10-11H,4-9H2,1-3H3. The molecule has 0 bridgehead atoms. The summed E-state index contributed by atoms with van der Waals surface area (Å²) in [7, 11) is 5.55. The number of methoxy groups -OCH3 is 1. The minimum atomic E-state index is -0.354. The first-order valence-corrected chi connectivity index (χ1v) is 7.04. The van der Waals surface area contributed by atoms with E-state index in [1.807, 2.05) is 14.1 Å². The molecular formula is C14H23N3O3. The summed E-state index contributed by atoms with van der Waals surface area (Å²) >= 11 is 0. The van der Waals surface area contributed by atoms with E-state index in [0.29, 0.717) is 24.6 Å². The minimum absolute atomic E-state index is 0.0159. The molecule has 0 N–H and O–H groups in total. The van der Waals surface area contributed by atoms with Crippen molar-refractivity contribution >= 4 is 5.78 Å². The van der Waals surface area contributed by atoms with Crippen LogP contribution in [0, 0.1) is 0 Å². The number of ether oxygens (including phenoxy) is 2. The maximum atomic E-state index is 12.6. The summed E-state index contributed by atoms with van der Waals surface area (Å²) in [4.78, 5) is 14.7. The summed E-state index contributed by atoms with van der Waals surface area (Å²) in [5.74, 6) is 0.515. The average molecular weight is 281 g/mol. The van der Waals surface area contributed by atoms with E-state index in [1.54, 1.807) is 18.0 Å². The molecule has 1 aliphatic heterocycles. The zero-order valence-corrected chi connectivity index (χ0v) is 12.5. The van der Waals surface area contributed by atoms with Crippen LogP contribution in [0.15, 0.2) is 6.20 Å². The first-order valence-electron chi connectivity index (χ1n) is 7.04. The van der Waals surface area contributed by atoms with Gasteiger partial charge in [0.05, 0.1) is 19.9 Å². The predicted octanol–water partition coefficient (Wildman–Crippen LogP) is 1.21. The second kappa shape index (κ2) is 6.85. The van der Waals surface area contributed by atoms with Gasteiger partial charge in [-0.1, -0.05) is 0 Å². The van der Waals surface area contributed by atoms with E-state index in [2.05, 4.69) is 10.00 Å². The molecule has 20 heavy (non-hydrogen) atoms. The Labute approximate surface area is 119 Å². The highest BCUT2D eigenvalue weighted by Gasteiger charge is 2.29. The summed E-state index contributed by atoms with van der Waals surface area (Å²) in [5, 5.41) is 4.26. The fourth-order valence-electron chi connectivity index (χ4n) is 2.33. The van der Waals surface area contributed by atoms with Gasteiger partial charge in [0, 0.05) is 13.2 Å². The number of carbonyl (C=O) groups excluding carboxylic acids is 1. The van der Waals surface area contributed by atoms with Crippen molar-refractivity contribution in [3.8, 4) is 5.75 Å². The topological polar surface area (TPSA) is 56.6 Å². The van der Waals surface area contributed by atoms with Crippen molar-refractivity contribution in [2.24, 2.45) is 0 Å². The molecule has 1 saturated heterocycles. The molecular weight excluding hydrogens is 258 g/mol. The molecule has 2 heterocycles. The molecule has 0 aromatic carbocycles. The number of hydrogen-bond donors (Lipinski definition) is 0. The third kappa shape index (κ3) is 3.37. The number of likely N-dealkylation sites (N-methyl/N-ethyl adjacent to an activating group) is 1. The number of Topliss-reactive ketones (excluding diaryl/α,β-unsaturated/α-hetero) is 1. The first kappa shape index (κ1) is 15.0. The Bertz CT molecular complexity index is 451. The van der Waals surface area contributed by atoms with Crippen molar-refractivity contribution in [1.29, 1.82) is 0 Å². The third-order valence-electron chi connectivity index (χ3n) is 3.49. The van der Waals surface area contributed by atoms with E-state index in [4.69, 9.17) is 9.47 Å².